The molecule has 1 saturated heterocycles. The van der Waals surface area contributed by atoms with Crippen molar-refractivity contribution in [3.63, 3.8) is 0 Å². The maximum absolute atomic E-state index is 12.6. The third-order valence-corrected chi connectivity index (χ3v) is 5.48. The number of morpholine rings is 1. The Balaban J connectivity index is 2.05. The van der Waals surface area contributed by atoms with Crippen LogP contribution in [0.4, 0.5) is 5.69 Å². The monoisotopic (exact) mass is 383 g/mol. The molecule has 0 spiro atoms. The number of nitrogens with one attached hydrogen (secondary N) is 2. The summed E-state index contributed by atoms with van der Waals surface area (Å²) in [7, 11) is -3.86. The van der Waals surface area contributed by atoms with Crippen molar-refractivity contribution in [2.75, 3.05) is 18.4 Å². The van der Waals surface area contributed by atoms with Crippen molar-refractivity contribution in [1.82, 2.24) is 9.62 Å². The van der Waals surface area contributed by atoms with Crippen LogP contribution in [-0.4, -0.2) is 56.5 Å². The van der Waals surface area contributed by atoms with E-state index in [1.807, 2.05) is 13.8 Å². The molecule has 0 bridgehead atoms. The third kappa shape index (κ3) is 5.26. The van der Waals surface area contributed by atoms with Gasteiger partial charge in [0, 0.05) is 25.7 Å². The Morgan fingerprint density at radius 3 is 2.19 bits per heavy atom. The smallest absolute Gasteiger partial charge is 0.241 e. The highest BCUT2D eigenvalue weighted by Gasteiger charge is 2.30. The van der Waals surface area contributed by atoms with Crippen molar-refractivity contribution in [3.05, 3.63) is 24.3 Å². The third-order valence-electron chi connectivity index (χ3n) is 3.92. The lowest BCUT2D eigenvalue weighted by molar-refractivity contribution is -0.144. The first-order valence-electron chi connectivity index (χ1n) is 8.42. The van der Waals surface area contributed by atoms with Gasteiger partial charge in [-0.05, 0) is 45.0 Å². The standard InChI is InChI=1S/C17H25N3O5S/c1-11-9-20(10-12(2)25-11)17(22)13(3)19-26(23,24)16-7-5-15(6-8-16)18-14(4)21/h5-8,11-13,19H,9-10H2,1-4H3,(H,18,21)/t11?,12?,13-/m0/s1. The summed E-state index contributed by atoms with van der Waals surface area (Å²) in [6, 6.07) is 4.85. The molecule has 0 saturated carbocycles. The quantitative estimate of drug-likeness (QED) is 0.788. The fraction of sp³-hybridized carbons (Fsp3) is 0.529. The molecule has 1 aromatic carbocycles. The number of anilines is 1. The average Bonchev–Trinajstić information content (AvgIpc) is 2.52. The lowest BCUT2D eigenvalue weighted by atomic mass is 10.2. The summed E-state index contributed by atoms with van der Waals surface area (Å²) in [5, 5.41) is 2.57. The molecule has 2 rings (SSSR count). The molecule has 8 nitrogen and oxygen atoms in total. The number of amides is 2. The molecule has 1 aliphatic rings. The van der Waals surface area contributed by atoms with Crippen molar-refractivity contribution in [1.29, 1.82) is 0 Å². The van der Waals surface area contributed by atoms with Crippen molar-refractivity contribution in [3.8, 4) is 0 Å². The summed E-state index contributed by atoms with van der Waals surface area (Å²) in [6.45, 7) is 7.51. The van der Waals surface area contributed by atoms with Crippen LogP contribution in [0.5, 0.6) is 0 Å². The topological polar surface area (TPSA) is 105 Å². The van der Waals surface area contributed by atoms with Crippen LogP contribution in [0.2, 0.25) is 0 Å². The fourth-order valence-corrected chi connectivity index (χ4v) is 4.10. The maximum Gasteiger partial charge on any atom is 0.241 e. The second-order valence-electron chi connectivity index (χ2n) is 6.55. The summed E-state index contributed by atoms with van der Waals surface area (Å²) >= 11 is 0. The lowest BCUT2D eigenvalue weighted by Crippen LogP contribution is -2.54. The van der Waals surface area contributed by atoms with Crippen LogP contribution in [0.15, 0.2) is 29.2 Å². The van der Waals surface area contributed by atoms with Gasteiger partial charge in [-0.3, -0.25) is 9.59 Å². The SMILES string of the molecule is CC(=O)Nc1ccc(S(=O)(=O)N[C@@H](C)C(=O)N2CC(C)OC(C)C2)cc1. The second kappa shape index (κ2) is 8.15. The van der Waals surface area contributed by atoms with Gasteiger partial charge in [0.1, 0.15) is 0 Å². The number of carbonyl (C=O) groups excluding carboxylic acids is 2. The van der Waals surface area contributed by atoms with E-state index in [9.17, 15) is 18.0 Å². The number of hydrogen-bond donors (Lipinski definition) is 2. The highest BCUT2D eigenvalue weighted by molar-refractivity contribution is 7.89. The molecule has 144 valence electrons. The molecule has 1 aromatic rings. The second-order valence-corrected chi connectivity index (χ2v) is 8.26. The number of rotatable bonds is 5. The Hall–Kier alpha value is -1.97. The summed E-state index contributed by atoms with van der Waals surface area (Å²) in [6.07, 6.45) is -0.180. The van der Waals surface area contributed by atoms with Crippen LogP contribution in [0.3, 0.4) is 0 Å². The molecule has 2 amide bonds. The zero-order chi connectivity index (χ0) is 19.5. The molecule has 1 aliphatic heterocycles. The van der Waals surface area contributed by atoms with Crippen LogP contribution >= 0.6 is 0 Å². The van der Waals surface area contributed by atoms with Gasteiger partial charge in [0.15, 0.2) is 0 Å². The molecule has 26 heavy (non-hydrogen) atoms. The predicted octanol–water partition coefficient (Wildman–Crippen LogP) is 0.948. The van der Waals surface area contributed by atoms with Crippen LogP contribution < -0.4 is 10.0 Å². The minimum absolute atomic E-state index is 0.0231. The summed E-state index contributed by atoms with van der Waals surface area (Å²) in [5.74, 6) is -0.530. The van der Waals surface area contributed by atoms with Crippen LogP contribution in [0, 0.1) is 0 Å². The maximum atomic E-state index is 12.6. The minimum atomic E-state index is -3.86. The molecule has 2 unspecified atom stereocenters. The zero-order valence-corrected chi connectivity index (χ0v) is 16.2. The minimum Gasteiger partial charge on any atom is -0.372 e. The van der Waals surface area contributed by atoms with E-state index in [0.29, 0.717) is 18.8 Å². The van der Waals surface area contributed by atoms with E-state index in [0.717, 1.165) is 0 Å². The lowest BCUT2D eigenvalue weighted by Gasteiger charge is -2.36. The summed E-state index contributed by atoms with van der Waals surface area (Å²) < 4.78 is 33.0. The highest BCUT2D eigenvalue weighted by Crippen LogP contribution is 2.16. The van der Waals surface area contributed by atoms with Crippen molar-refractivity contribution >= 4 is 27.5 Å². The molecule has 2 N–H and O–H groups in total. The van der Waals surface area contributed by atoms with E-state index in [2.05, 4.69) is 10.0 Å². The van der Waals surface area contributed by atoms with Gasteiger partial charge < -0.3 is 15.0 Å². The van der Waals surface area contributed by atoms with Crippen molar-refractivity contribution < 1.29 is 22.7 Å². The van der Waals surface area contributed by atoms with E-state index < -0.39 is 16.1 Å². The van der Waals surface area contributed by atoms with Gasteiger partial charge in [-0.25, -0.2) is 8.42 Å². The van der Waals surface area contributed by atoms with Gasteiger partial charge in [-0.1, -0.05) is 0 Å². The van der Waals surface area contributed by atoms with Crippen LogP contribution in [0.25, 0.3) is 0 Å². The number of nitrogens with zero attached hydrogens (tertiary/aromatic N) is 1. The van der Waals surface area contributed by atoms with Gasteiger partial charge in [-0.2, -0.15) is 4.72 Å². The van der Waals surface area contributed by atoms with E-state index in [4.69, 9.17) is 4.74 Å². The summed E-state index contributed by atoms with van der Waals surface area (Å²) in [5.41, 5.74) is 0.497. The van der Waals surface area contributed by atoms with E-state index in [1.54, 1.807) is 4.90 Å². The van der Waals surface area contributed by atoms with Crippen LogP contribution in [0.1, 0.15) is 27.7 Å². The predicted molar refractivity (Wildman–Crippen MR) is 97.1 cm³/mol. The van der Waals surface area contributed by atoms with Gasteiger partial charge >= 0.3 is 0 Å². The molecular formula is C17H25N3O5S. The first kappa shape index (κ1) is 20.3. The average molecular weight is 383 g/mol. The van der Waals surface area contributed by atoms with E-state index in [-0.39, 0.29) is 28.9 Å². The Morgan fingerprint density at radius 2 is 1.69 bits per heavy atom. The number of ether oxygens (including phenoxy) is 1. The molecule has 1 heterocycles. The number of hydrogen-bond acceptors (Lipinski definition) is 5. The van der Waals surface area contributed by atoms with Gasteiger partial charge in [0.25, 0.3) is 0 Å². The van der Waals surface area contributed by atoms with Gasteiger partial charge in [0.05, 0.1) is 23.1 Å². The van der Waals surface area contributed by atoms with E-state index in [1.165, 1.54) is 38.1 Å². The Kier molecular flexibility index (Phi) is 6.38. The first-order chi connectivity index (χ1) is 12.1. The van der Waals surface area contributed by atoms with Gasteiger partial charge in [0.2, 0.25) is 21.8 Å². The molecule has 3 atom stereocenters. The Bertz CT molecular complexity index is 753. The highest BCUT2D eigenvalue weighted by atomic mass is 32.2. The molecule has 9 heteroatoms. The number of sulfonamides is 1. The number of carbonyl (C=O) groups is 2. The largest absolute Gasteiger partial charge is 0.372 e. The van der Waals surface area contributed by atoms with Crippen LogP contribution in [-0.2, 0) is 24.3 Å². The Morgan fingerprint density at radius 1 is 1.15 bits per heavy atom. The van der Waals surface area contributed by atoms with E-state index >= 15 is 0 Å². The summed E-state index contributed by atoms with van der Waals surface area (Å²) in [4.78, 5) is 25.2. The van der Waals surface area contributed by atoms with Crippen molar-refractivity contribution in [2.24, 2.45) is 0 Å². The normalized spacial score (nSPS) is 21.9. The zero-order valence-electron chi connectivity index (χ0n) is 15.4. The molecule has 0 aliphatic carbocycles. The molecule has 0 radical (unpaired) electrons. The van der Waals surface area contributed by atoms with Gasteiger partial charge in [-0.15, -0.1) is 0 Å². The molecular weight excluding hydrogens is 358 g/mol. The molecule has 1 fully saturated rings. The molecule has 0 aromatic heterocycles. The first-order valence-corrected chi connectivity index (χ1v) is 9.91. The number of benzene rings is 1. The Labute approximate surface area is 153 Å². The fourth-order valence-electron chi connectivity index (χ4n) is 2.90. The van der Waals surface area contributed by atoms with Crippen molar-refractivity contribution in [2.45, 2.75) is 50.8 Å².